The van der Waals surface area contributed by atoms with Crippen LogP contribution in [-0.4, -0.2) is 45.6 Å². The highest BCUT2D eigenvalue weighted by atomic mass is 19.3. The highest BCUT2D eigenvalue weighted by Gasteiger charge is 2.55. The van der Waals surface area contributed by atoms with Crippen LogP contribution in [-0.2, 0) is 11.2 Å². The van der Waals surface area contributed by atoms with E-state index in [2.05, 4.69) is 10.3 Å². The van der Waals surface area contributed by atoms with Crippen molar-refractivity contribution in [3.63, 3.8) is 0 Å². The third-order valence-corrected chi connectivity index (χ3v) is 5.77. The third-order valence-electron chi connectivity index (χ3n) is 5.77. The molecular weight excluding hydrogens is 392 g/mol. The SMILES string of the molecule is O=C(CN1C(=O)NC2(CCC(F)(F)CC2)C1=O)c1ccc(Cc2ccccn2)cc1. The highest BCUT2D eigenvalue weighted by Crippen LogP contribution is 2.41. The summed E-state index contributed by atoms with van der Waals surface area (Å²) in [5.41, 5.74) is 0.934. The molecule has 1 saturated heterocycles. The largest absolute Gasteiger partial charge is 0.325 e. The summed E-state index contributed by atoms with van der Waals surface area (Å²) < 4.78 is 26.9. The van der Waals surface area contributed by atoms with Crippen molar-refractivity contribution in [3.8, 4) is 0 Å². The number of Topliss-reactive ketones (excluding diaryl/α,β-unsaturated/α-hetero) is 1. The van der Waals surface area contributed by atoms with Gasteiger partial charge in [-0.25, -0.2) is 13.6 Å². The number of imide groups is 1. The van der Waals surface area contributed by atoms with Crippen LogP contribution in [0.2, 0.25) is 0 Å². The minimum atomic E-state index is -2.82. The summed E-state index contributed by atoms with van der Waals surface area (Å²) in [5.74, 6) is -3.81. The smallest absolute Gasteiger partial charge is 0.323 e. The lowest BCUT2D eigenvalue weighted by Gasteiger charge is -2.34. The molecule has 1 spiro atoms. The van der Waals surface area contributed by atoms with Crippen molar-refractivity contribution in [2.45, 2.75) is 43.6 Å². The zero-order chi connectivity index (χ0) is 21.4. The molecule has 2 aliphatic rings. The molecule has 1 aliphatic heterocycles. The Morgan fingerprint density at radius 2 is 1.73 bits per heavy atom. The van der Waals surface area contributed by atoms with Crippen LogP contribution >= 0.6 is 0 Å². The molecular formula is C22H21F2N3O3. The van der Waals surface area contributed by atoms with E-state index in [0.717, 1.165) is 16.2 Å². The van der Waals surface area contributed by atoms with Gasteiger partial charge in [0, 0.05) is 36.7 Å². The Hall–Kier alpha value is -3.16. The number of carbonyl (C=O) groups is 3. The Balaban J connectivity index is 1.41. The van der Waals surface area contributed by atoms with Gasteiger partial charge in [0.15, 0.2) is 5.78 Å². The van der Waals surface area contributed by atoms with E-state index in [1.165, 1.54) is 0 Å². The zero-order valence-electron chi connectivity index (χ0n) is 16.2. The lowest BCUT2D eigenvalue weighted by atomic mass is 9.80. The maximum Gasteiger partial charge on any atom is 0.325 e. The van der Waals surface area contributed by atoms with Crippen LogP contribution in [0, 0.1) is 0 Å². The maximum atomic E-state index is 13.5. The average molecular weight is 413 g/mol. The number of ketones is 1. The van der Waals surface area contributed by atoms with Gasteiger partial charge in [-0.2, -0.15) is 0 Å². The lowest BCUT2D eigenvalue weighted by Crippen LogP contribution is -2.51. The number of halogens is 2. The molecule has 2 heterocycles. The number of pyridine rings is 1. The van der Waals surface area contributed by atoms with Gasteiger partial charge < -0.3 is 5.32 Å². The second-order valence-electron chi connectivity index (χ2n) is 7.88. The zero-order valence-corrected chi connectivity index (χ0v) is 16.2. The number of amides is 3. The second-order valence-corrected chi connectivity index (χ2v) is 7.88. The number of carbonyl (C=O) groups excluding carboxylic acids is 3. The van der Waals surface area contributed by atoms with Gasteiger partial charge in [-0.1, -0.05) is 30.3 Å². The molecule has 1 N–H and O–H groups in total. The predicted octanol–water partition coefficient (Wildman–Crippen LogP) is 3.36. The molecule has 1 saturated carbocycles. The van der Waals surface area contributed by atoms with E-state index in [1.54, 1.807) is 30.5 Å². The molecule has 0 radical (unpaired) electrons. The Labute approximate surface area is 172 Å². The van der Waals surface area contributed by atoms with E-state index in [4.69, 9.17) is 0 Å². The van der Waals surface area contributed by atoms with E-state index in [-0.39, 0.29) is 18.6 Å². The van der Waals surface area contributed by atoms with Crippen molar-refractivity contribution < 1.29 is 23.2 Å². The molecule has 30 heavy (non-hydrogen) atoms. The normalized spacial score (nSPS) is 19.7. The molecule has 1 aliphatic carbocycles. The maximum absolute atomic E-state index is 13.5. The summed E-state index contributed by atoms with van der Waals surface area (Å²) in [5, 5.41) is 2.55. The van der Waals surface area contributed by atoms with Gasteiger partial charge in [0.1, 0.15) is 5.54 Å². The highest BCUT2D eigenvalue weighted by molar-refractivity contribution is 6.11. The van der Waals surface area contributed by atoms with E-state index in [0.29, 0.717) is 12.0 Å². The number of nitrogens with zero attached hydrogens (tertiary/aromatic N) is 2. The predicted molar refractivity (Wildman–Crippen MR) is 104 cm³/mol. The molecule has 4 rings (SSSR count). The molecule has 8 heteroatoms. The van der Waals surface area contributed by atoms with Crippen LogP contribution in [0.4, 0.5) is 13.6 Å². The van der Waals surface area contributed by atoms with Gasteiger partial charge >= 0.3 is 6.03 Å². The van der Waals surface area contributed by atoms with Crippen molar-refractivity contribution in [3.05, 3.63) is 65.5 Å². The van der Waals surface area contributed by atoms with Crippen LogP contribution in [0.25, 0.3) is 0 Å². The van der Waals surface area contributed by atoms with Crippen molar-refractivity contribution in [2.75, 3.05) is 6.54 Å². The van der Waals surface area contributed by atoms with Gasteiger partial charge in [0.2, 0.25) is 5.92 Å². The number of urea groups is 1. The molecule has 1 aromatic carbocycles. The van der Waals surface area contributed by atoms with E-state index < -0.39 is 42.8 Å². The molecule has 1 aromatic heterocycles. The molecule has 0 atom stereocenters. The Morgan fingerprint density at radius 3 is 2.37 bits per heavy atom. The van der Waals surface area contributed by atoms with E-state index in [9.17, 15) is 23.2 Å². The number of nitrogens with one attached hydrogen (secondary N) is 1. The number of rotatable bonds is 5. The first kappa shape index (κ1) is 20.1. The first-order chi connectivity index (χ1) is 14.3. The molecule has 0 unspecified atom stereocenters. The standard InChI is InChI=1S/C22H21F2N3O3/c23-22(24)10-8-21(9-11-22)19(29)27(20(30)26-21)14-18(28)16-6-4-15(5-7-16)13-17-3-1-2-12-25-17/h1-7,12H,8-11,13-14H2,(H,26,30). The number of hydrogen-bond acceptors (Lipinski definition) is 4. The summed E-state index contributed by atoms with van der Waals surface area (Å²) >= 11 is 0. The minimum absolute atomic E-state index is 0.127. The Kier molecular flexibility index (Phi) is 5.09. The van der Waals surface area contributed by atoms with Gasteiger partial charge in [-0.05, 0) is 30.5 Å². The quantitative estimate of drug-likeness (QED) is 0.602. The summed E-state index contributed by atoms with van der Waals surface area (Å²) in [6.45, 7) is -0.414. The molecule has 2 aromatic rings. The monoisotopic (exact) mass is 413 g/mol. The molecule has 6 nitrogen and oxygen atoms in total. The Bertz CT molecular complexity index is 967. The fraction of sp³-hybridized carbons (Fsp3) is 0.364. The van der Waals surface area contributed by atoms with Crippen LogP contribution in [0.15, 0.2) is 48.7 Å². The first-order valence-electron chi connectivity index (χ1n) is 9.82. The van der Waals surface area contributed by atoms with Crippen LogP contribution in [0.3, 0.4) is 0 Å². The van der Waals surface area contributed by atoms with E-state index >= 15 is 0 Å². The molecule has 3 amide bonds. The van der Waals surface area contributed by atoms with Crippen LogP contribution in [0.1, 0.15) is 47.3 Å². The molecule has 156 valence electrons. The van der Waals surface area contributed by atoms with Gasteiger partial charge in [0.25, 0.3) is 5.91 Å². The lowest BCUT2D eigenvalue weighted by molar-refractivity contribution is -0.135. The second kappa shape index (κ2) is 7.59. The fourth-order valence-electron chi connectivity index (χ4n) is 3.96. The van der Waals surface area contributed by atoms with Crippen LogP contribution in [0.5, 0.6) is 0 Å². The van der Waals surface area contributed by atoms with Gasteiger partial charge in [-0.15, -0.1) is 0 Å². The van der Waals surface area contributed by atoms with Crippen molar-refractivity contribution in [2.24, 2.45) is 0 Å². The molecule has 2 fully saturated rings. The third kappa shape index (κ3) is 3.94. The van der Waals surface area contributed by atoms with Crippen LogP contribution < -0.4 is 5.32 Å². The number of hydrogen-bond donors (Lipinski definition) is 1. The van der Waals surface area contributed by atoms with Crippen molar-refractivity contribution in [1.82, 2.24) is 15.2 Å². The topological polar surface area (TPSA) is 79.4 Å². The van der Waals surface area contributed by atoms with Crippen molar-refractivity contribution in [1.29, 1.82) is 0 Å². The first-order valence-corrected chi connectivity index (χ1v) is 9.82. The molecule has 0 bridgehead atoms. The summed E-state index contributed by atoms with van der Waals surface area (Å²) in [7, 11) is 0. The summed E-state index contributed by atoms with van der Waals surface area (Å²) in [6.07, 6.45) is 1.16. The minimum Gasteiger partial charge on any atom is -0.323 e. The van der Waals surface area contributed by atoms with Gasteiger partial charge in [-0.3, -0.25) is 19.5 Å². The van der Waals surface area contributed by atoms with E-state index in [1.807, 2.05) is 18.2 Å². The fourth-order valence-corrected chi connectivity index (χ4v) is 3.96. The average Bonchev–Trinajstić information content (AvgIpc) is 2.96. The van der Waals surface area contributed by atoms with Gasteiger partial charge in [0.05, 0.1) is 6.54 Å². The Morgan fingerprint density at radius 1 is 1.03 bits per heavy atom. The summed E-state index contributed by atoms with van der Waals surface area (Å²) in [4.78, 5) is 42.8. The van der Waals surface area contributed by atoms with Crippen molar-refractivity contribution >= 4 is 17.7 Å². The number of alkyl halides is 2. The summed E-state index contributed by atoms with van der Waals surface area (Å²) in [6, 6.07) is 11.9. The number of benzene rings is 1. The number of aromatic nitrogens is 1.